The Bertz CT molecular complexity index is 668. The van der Waals surface area contributed by atoms with Crippen LogP contribution in [0.15, 0.2) is 18.3 Å². The molecule has 2 rings (SSSR count). The number of halogens is 1. The van der Waals surface area contributed by atoms with Crippen LogP contribution >= 0.6 is 11.6 Å². The summed E-state index contributed by atoms with van der Waals surface area (Å²) in [6.07, 6.45) is 3.45. The van der Waals surface area contributed by atoms with Crippen LogP contribution in [0.4, 0.5) is 0 Å². The Morgan fingerprint density at radius 1 is 1.47 bits per heavy atom. The van der Waals surface area contributed by atoms with Gasteiger partial charge in [-0.1, -0.05) is 0 Å². The smallest absolute Gasteiger partial charge is 0.208 e. The van der Waals surface area contributed by atoms with Crippen molar-refractivity contribution in [3.05, 3.63) is 24.2 Å². The van der Waals surface area contributed by atoms with Gasteiger partial charge in [0.2, 0.25) is 10.0 Å². The van der Waals surface area contributed by atoms with Gasteiger partial charge in [0.15, 0.2) is 5.65 Å². The molecule has 0 amide bonds. The molecule has 6 nitrogen and oxygen atoms in total. The third kappa shape index (κ3) is 3.65. The number of fused-ring (bicyclic) bond motifs is 1. The Morgan fingerprint density at radius 3 is 2.95 bits per heavy atom. The average Bonchev–Trinajstić information content (AvgIpc) is 2.67. The van der Waals surface area contributed by atoms with Crippen molar-refractivity contribution in [2.75, 3.05) is 18.7 Å². The SMILES string of the molecule is CS(=O)(=O)NCCn1c(CCCl)nc2cccnc21. The van der Waals surface area contributed by atoms with E-state index in [-0.39, 0.29) is 0 Å². The number of nitrogens with one attached hydrogen (secondary N) is 1. The van der Waals surface area contributed by atoms with Crippen LogP contribution in [0.3, 0.4) is 0 Å². The second-order valence-electron chi connectivity index (χ2n) is 4.13. The van der Waals surface area contributed by atoms with Gasteiger partial charge in [0.05, 0.1) is 6.26 Å². The topological polar surface area (TPSA) is 76.9 Å². The third-order valence-electron chi connectivity index (χ3n) is 2.60. The van der Waals surface area contributed by atoms with Gasteiger partial charge in [0.1, 0.15) is 11.3 Å². The first-order valence-electron chi connectivity index (χ1n) is 5.82. The number of pyridine rings is 1. The number of aryl methyl sites for hydroxylation is 1. The van der Waals surface area contributed by atoms with E-state index in [0.717, 1.165) is 23.2 Å². The zero-order chi connectivity index (χ0) is 13.9. The van der Waals surface area contributed by atoms with E-state index in [9.17, 15) is 8.42 Å². The fourth-order valence-corrected chi connectivity index (χ4v) is 2.49. The van der Waals surface area contributed by atoms with Gasteiger partial charge in [0, 0.05) is 31.6 Å². The third-order valence-corrected chi connectivity index (χ3v) is 3.52. The molecule has 0 aliphatic heterocycles. The maximum atomic E-state index is 11.1. The summed E-state index contributed by atoms with van der Waals surface area (Å²) in [6.45, 7) is 0.781. The molecule has 0 radical (unpaired) electrons. The van der Waals surface area contributed by atoms with Crippen LogP contribution < -0.4 is 4.72 Å². The number of nitrogens with zero attached hydrogens (tertiary/aromatic N) is 3. The highest BCUT2D eigenvalue weighted by Crippen LogP contribution is 2.14. The number of hydrogen-bond acceptors (Lipinski definition) is 4. The van der Waals surface area contributed by atoms with Crippen molar-refractivity contribution in [3.8, 4) is 0 Å². The Morgan fingerprint density at radius 2 is 2.26 bits per heavy atom. The van der Waals surface area contributed by atoms with Gasteiger partial charge in [-0.05, 0) is 12.1 Å². The Hall–Kier alpha value is -1.18. The zero-order valence-corrected chi connectivity index (χ0v) is 12.1. The normalized spacial score (nSPS) is 12.1. The summed E-state index contributed by atoms with van der Waals surface area (Å²) in [5, 5.41) is 0. The quantitative estimate of drug-likeness (QED) is 0.799. The van der Waals surface area contributed by atoms with Gasteiger partial charge in [-0.2, -0.15) is 0 Å². The first-order chi connectivity index (χ1) is 9.01. The molecule has 0 atom stereocenters. The van der Waals surface area contributed by atoms with E-state index in [2.05, 4.69) is 14.7 Å². The second kappa shape index (κ2) is 5.85. The molecule has 2 heterocycles. The van der Waals surface area contributed by atoms with Crippen LogP contribution in [0.2, 0.25) is 0 Å². The van der Waals surface area contributed by atoms with E-state index in [1.807, 2.05) is 16.7 Å². The van der Waals surface area contributed by atoms with Gasteiger partial charge in [-0.3, -0.25) is 0 Å². The maximum Gasteiger partial charge on any atom is 0.208 e. The van der Waals surface area contributed by atoms with Gasteiger partial charge in [-0.15, -0.1) is 11.6 Å². The number of rotatable bonds is 6. The molecule has 0 saturated heterocycles. The molecule has 1 N–H and O–H groups in total. The van der Waals surface area contributed by atoms with Crippen LogP contribution in [-0.4, -0.2) is 41.6 Å². The van der Waals surface area contributed by atoms with Crippen molar-refractivity contribution < 1.29 is 8.42 Å². The van der Waals surface area contributed by atoms with E-state index >= 15 is 0 Å². The predicted molar refractivity (Wildman–Crippen MR) is 74.8 cm³/mol. The molecule has 0 spiro atoms. The van der Waals surface area contributed by atoms with Crippen molar-refractivity contribution in [2.45, 2.75) is 13.0 Å². The lowest BCUT2D eigenvalue weighted by atomic mass is 10.4. The summed E-state index contributed by atoms with van der Waals surface area (Å²) in [4.78, 5) is 8.74. The summed E-state index contributed by atoms with van der Waals surface area (Å²) in [5.41, 5.74) is 1.54. The van der Waals surface area contributed by atoms with E-state index in [4.69, 9.17) is 11.6 Å². The largest absolute Gasteiger partial charge is 0.311 e. The van der Waals surface area contributed by atoms with Gasteiger partial charge in [-0.25, -0.2) is 23.1 Å². The van der Waals surface area contributed by atoms with E-state index in [0.29, 0.717) is 25.4 Å². The number of alkyl halides is 1. The first-order valence-corrected chi connectivity index (χ1v) is 8.24. The van der Waals surface area contributed by atoms with E-state index < -0.39 is 10.0 Å². The zero-order valence-electron chi connectivity index (χ0n) is 10.5. The fraction of sp³-hybridized carbons (Fsp3) is 0.455. The Kier molecular flexibility index (Phi) is 4.38. The second-order valence-corrected chi connectivity index (χ2v) is 6.34. The average molecular weight is 303 g/mol. The summed E-state index contributed by atoms with van der Waals surface area (Å²) in [5.74, 6) is 1.28. The molecule has 0 fully saturated rings. The molecule has 0 aliphatic carbocycles. The number of sulfonamides is 1. The van der Waals surface area contributed by atoms with Crippen molar-refractivity contribution >= 4 is 32.8 Å². The van der Waals surface area contributed by atoms with Crippen molar-refractivity contribution in [1.82, 2.24) is 19.3 Å². The molecule has 19 heavy (non-hydrogen) atoms. The molecule has 0 unspecified atom stereocenters. The van der Waals surface area contributed by atoms with Crippen LogP contribution in [-0.2, 0) is 23.0 Å². The Balaban J connectivity index is 2.26. The summed E-state index contributed by atoms with van der Waals surface area (Å²) in [6, 6.07) is 3.69. The molecular formula is C11H15ClN4O2S. The standard InChI is InChI=1S/C11H15ClN4O2S/c1-19(17,18)14-7-8-16-10(4-5-12)15-9-3-2-6-13-11(9)16/h2-3,6,14H,4-5,7-8H2,1H3. The van der Waals surface area contributed by atoms with Crippen molar-refractivity contribution in [1.29, 1.82) is 0 Å². The van der Waals surface area contributed by atoms with Crippen molar-refractivity contribution in [2.24, 2.45) is 0 Å². The molecule has 0 bridgehead atoms. The Labute approximate surface area is 116 Å². The lowest BCUT2D eigenvalue weighted by molar-refractivity contribution is 0.577. The molecular weight excluding hydrogens is 288 g/mol. The highest BCUT2D eigenvalue weighted by atomic mass is 35.5. The highest BCUT2D eigenvalue weighted by Gasteiger charge is 2.11. The van der Waals surface area contributed by atoms with Crippen LogP contribution in [0.25, 0.3) is 11.2 Å². The monoisotopic (exact) mass is 302 g/mol. The number of hydrogen-bond donors (Lipinski definition) is 1. The molecule has 8 heteroatoms. The van der Waals surface area contributed by atoms with Crippen LogP contribution in [0, 0.1) is 0 Å². The van der Waals surface area contributed by atoms with E-state index in [1.54, 1.807) is 6.20 Å². The highest BCUT2D eigenvalue weighted by molar-refractivity contribution is 7.88. The molecule has 2 aromatic rings. The molecule has 104 valence electrons. The predicted octanol–water partition coefficient (Wildman–Crippen LogP) is 0.762. The molecule has 0 saturated carbocycles. The lowest BCUT2D eigenvalue weighted by Crippen LogP contribution is -2.26. The number of aromatic nitrogens is 3. The minimum Gasteiger partial charge on any atom is -0.311 e. The molecule has 0 aromatic carbocycles. The minimum atomic E-state index is -3.19. The minimum absolute atomic E-state index is 0.302. The summed E-state index contributed by atoms with van der Waals surface area (Å²) >= 11 is 5.76. The molecule has 2 aromatic heterocycles. The summed E-state index contributed by atoms with van der Waals surface area (Å²) in [7, 11) is -3.19. The maximum absolute atomic E-state index is 11.1. The van der Waals surface area contributed by atoms with Crippen LogP contribution in [0.1, 0.15) is 5.82 Å². The number of imidazole rings is 1. The molecule has 0 aliphatic rings. The van der Waals surface area contributed by atoms with Gasteiger partial charge < -0.3 is 4.57 Å². The lowest BCUT2D eigenvalue weighted by Gasteiger charge is -2.08. The van der Waals surface area contributed by atoms with Gasteiger partial charge in [0.25, 0.3) is 0 Å². The fourth-order valence-electron chi connectivity index (χ4n) is 1.86. The first kappa shape index (κ1) is 14.2. The van der Waals surface area contributed by atoms with E-state index in [1.165, 1.54) is 0 Å². The van der Waals surface area contributed by atoms with Gasteiger partial charge >= 0.3 is 0 Å². The summed E-state index contributed by atoms with van der Waals surface area (Å²) < 4.78 is 26.5. The van der Waals surface area contributed by atoms with Crippen molar-refractivity contribution in [3.63, 3.8) is 0 Å². The van der Waals surface area contributed by atoms with Crippen LogP contribution in [0.5, 0.6) is 0 Å².